The maximum Gasteiger partial charge on any atom is 0.320 e. The molecule has 0 aromatic carbocycles. The van der Waals surface area contributed by atoms with Gasteiger partial charge in [0.2, 0.25) is 0 Å². The molecule has 0 atom stereocenters. The topological polar surface area (TPSA) is 284 Å². The number of H-pyrrole nitrogens is 2. The Balaban J connectivity index is 1.35. The van der Waals surface area contributed by atoms with E-state index in [4.69, 9.17) is 0 Å². The van der Waals surface area contributed by atoms with Crippen molar-refractivity contribution in [3.63, 3.8) is 0 Å². The molecule has 0 aliphatic heterocycles. The number of azo groups is 2. The molecule has 22 nitrogen and oxygen atoms in total. The SMILES string of the molecule is Cc1nn(-c2nc(O)nc(-n3nc(C)c(C#N)c3N=Nc3c(C)nn4c(C)n[nH]c34)n2)c(N=Nc2c(C)nn3c(C)n[nH]c23)c1C#N. The average molecular weight is 632 g/mol. The van der Waals surface area contributed by atoms with E-state index >= 15 is 0 Å². The van der Waals surface area contributed by atoms with Gasteiger partial charge in [-0.2, -0.15) is 74.5 Å². The number of nitriles is 2. The molecule has 3 N–H and O–H groups in total. The Morgan fingerprint density at radius 2 is 1.02 bits per heavy atom. The van der Waals surface area contributed by atoms with Gasteiger partial charge in [0.15, 0.2) is 34.3 Å². The van der Waals surface area contributed by atoms with Crippen LogP contribution in [-0.2, 0) is 0 Å². The predicted molar refractivity (Wildman–Crippen MR) is 157 cm³/mol. The highest BCUT2D eigenvalue weighted by Gasteiger charge is 2.24. The third kappa shape index (κ3) is 4.43. The molecular formula is C25H21N21O. The zero-order valence-electron chi connectivity index (χ0n) is 25.4. The molecule has 232 valence electrons. The van der Waals surface area contributed by atoms with Crippen LogP contribution < -0.4 is 0 Å². The standard InChI is InChI=1S/C25H21N21O/c1-9-15(7-26)19(35-33-17-11(3)41-43-13(5)31-37-21(17)43)45(39-9)23-28-24(30-25(47)29-23)46-20(16(8-27)10(2)40-46)36-34-18-12(4)42-44-14(6)32-38-22(18)44/h37-38H,1-6H3,(H,28,29,30,47). The van der Waals surface area contributed by atoms with Crippen LogP contribution in [0.2, 0.25) is 0 Å². The summed E-state index contributed by atoms with van der Waals surface area (Å²) < 4.78 is 5.42. The van der Waals surface area contributed by atoms with Gasteiger partial charge in [-0.15, -0.1) is 20.5 Å². The first-order chi connectivity index (χ1) is 22.6. The Bertz CT molecular complexity index is 2360. The van der Waals surface area contributed by atoms with Gasteiger partial charge in [-0.1, -0.05) is 0 Å². The van der Waals surface area contributed by atoms with E-state index in [0.29, 0.717) is 57.1 Å². The van der Waals surface area contributed by atoms with Gasteiger partial charge in [-0.3, -0.25) is 10.2 Å². The van der Waals surface area contributed by atoms with E-state index in [0.717, 1.165) is 9.36 Å². The van der Waals surface area contributed by atoms with Crippen LogP contribution in [0.25, 0.3) is 23.2 Å². The number of hydrogen-bond acceptors (Lipinski definition) is 16. The third-order valence-electron chi connectivity index (χ3n) is 7.08. The minimum atomic E-state index is -0.710. The summed E-state index contributed by atoms with van der Waals surface area (Å²) in [6.07, 6.45) is 0. The second kappa shape index (κ2) is 10.4. The first kappa shape index (κ1) is 28.5. The predicted octanol–water partition coefficient (Wildman–Crippen LogP) is 3.11. The van der Waals surface area contributed by atoms with Crippen LogP contribution in [0.1, 0.15) is 45.6 Å². The zero-order valence-corrected chi connectivity index (χ0v) is 25.4. The van der Waals surface area contributed by atoms with E-state index in [1.54, 1.807) is 50.6 Å². The molecule has 7 aromatic rings. The number of aromatic nitrogens is 15. The highest BCUT2D eigenvalue weighted by atomic mass is 16.3. The zero-order chi connectivity index (χ0) is 33.1. The summed E-state index contributed by atoms with van der Waals surface area (Å²) >= 11 is 0. The maximum atomic E-state index is 10.6. The van der Waals surface area contributed by atoms with E-state index in [9.17, 15) is 15.6 Å². The van der Waals surface area contributed by atoms with Crippen molar-refractivity contribution in [2.45, 2.75) is 41.5 Å². The normalized spacial score (nSPS) is 11.9. The fourth-order valence-corrected chi connectivity index (χ4v) is 4.79. The largest absolute Gasteiger partial charge is 0.479 e. The average Bonchev–Trinajstić information content (AvgIpc) is 3.86. The fraction of sp³-hybridized carbons (Fsp3) is 0.240. The van der Waals surface area contributed by atoms with Gasteiger partial charge in [0.05, 0.1) is 22.8 Å². The molecule has 7 aromatic heterocycles. The summed E-state index contributed by atoms with van der Waals surface area (Å²) in [7, 11) is 0. The summed E-state index contributed by atoms with van der Waals surface area (Å²) in [6.45, 7) is 10.3. The van der Waals surface area contributed by atoms with Crippen molar-refractivity contribution < 1.29 is 5.11 Å². The lowest BCUT2D eigenvalue weighted by Gasteiger charge is -2.06. The molecule has 0 amide bonds. The summed E-state index contributed by atoms with van der Waals surface area (Å²) in [6, 6.07) is 3.43. The summed E-state index contributed by atoms with van der Waals surface area (Å²) in [5.41, 5.74) is 3.68. The molecule has 0 bridgehead atoms. The molecule has 7 heterocycles. The molecule has 0 saturated heterocycles. The maximum absolute atomic E-state index is 10.6. The fourth-order valence-electron chi connectivity index (χ4n) is 4.79. The first-order valence-electron chi connectivity index (χ1n) is 13.7. The van der Waals surface area contributed by atoms with Gasteiger partial charge in [0, 0.05) is 0 Å². The molecule has 0 aliphatic rings. The number of nitrogens with one attached hydrogen (secondary N) is 2. The Kier molecular flexibility index (Phi) is 6.34. The van der Waals surface area contributed by atoms with Crippen LogP contribution >= 0.6 is 0 Å². The molecule has 0 radical (unpaired) electrons. The number of nitrogens with zero attached hydrogens (tertiary/aromatic N) is 19. The van der Waals surface area contributed by atoms with Crippen LogP contribution in [-0.4, -0.2) is 79.2 Å². The molecule has 22 heteroatoms. The Morgan fingerprint density at radius 1 is 0.596 bits per heavy atom. The van der Waals surface area contributed by atoms with Gasteiger partial charge in [0.25, 0.3) is 11.9 Å². The highest BCUT2D eigenvalue weighted by molar-refractivity contribution is 5.67. The van der Waals surface area contributed by atoms with Crippen LogP contribution in [0.4, 0.5) is 23.0 Å². The second-order valence-corrected chi connectivity index (χ2v) is 10.2. The van der Waals surface area contributed by atoms with Gasteiger partial charge in [-0.25, -0.2) is 0 Å². The van der Waals surface area contributed by atoms with E-state index in [1.807, 2.05) is 0 Å². The van der Waals surface area contributed by atoms with Crippen LogP contribution in [0, 0.1) is 64.2 Å². The molecule has 0 saturated carbocycles. The minimum Gasteiger partial charge on any atom is -0.479 e. The van der Waals surface area contributed by atoms with E-state index in [-0.39, 0.29) is 34.7 Å². The van der Waals surface area contributed by atoms with Gasteiger partial charge in [-0.05, 0) is 41.5 Å². The Hall–Kier alpha value is -7.23. The smallest absolute Gasteiger partial charge is 0.320 e. The van der Waals surface area contributed by atoms with Crippen LogP contribution in [0.3, 0.4) is 0 Å². The number of fused-ring (bicyclic) bond motifs is 2. The Labute approximate surface area is 261 Å². The molecule has 47 heavy (non-hydrogen) atoms. The number of rotatable bonds is 6. The number of aryl methyl sites for hydroxylation is 6. The monoisotopic (exact) mass is 631 g/mol. The van der Waals surface area contributed by atoms with Crippen molar-refractivity contribution in [1.29, 1.82) is 10.5 Å². The summed E-state index contributed by atoms with van der Waals surface area (Å²) in [5, 5.41) is 79.3. The van der Waals surface area contributed by atoms with E-state index in [2.05, 4.69) is 88.3 Å². The first-order valence-corrected chi connectivity index (χ1v) is 13.7. The Morgan fingerprint density at radius 3 is 1.43 bits per heavy atom. The second-order valence-electron chi connectivity index (χ2n) is 10.2. The third-order valence-corrected chi connectivity index (χ3v) is 7.08. The van der Waals surface area contributed by atoms with Crippen LogP contribution in [0.15, 0.2) is 20.5 Å². The molecule has 0 aliphatic carbocycles. The van der Waals surface area contributed by atoms with Gasteiger partial charge >= 0.3 is 6.01 Å². The molecule has 0 unspecified atom stereocenters. The van der Waals surface area contributed by atoms with Crippen molar-refractivity contribution >= 4 is 34.3 Å². The number of aromatic amines is 2. The van der Waals surface area contributed by atoms with Gasteiger partial charge < -0.3 is 5.11 Å². The molecular weight excluding hydrogens is 610 g/mol. The molecule has 7 rings (SSSR count). The molecule has 0 fully saturated rings. The van der Waals surface area contributed by atoms with Crippen molar-refractivity contribution in [3.8, 4) is 30.0 Å². The van der Waals surface area contributed by atoms with E-state index < -0.39 is 6.01 Å². The van der Waals surface area contributed by atoms with Crippen molar-refractivity contribution in [1.82, 2.24) is 74.1 Å². The number of hydrogen-bond donors (Lipinski definition) is 3. The van der Waals surface area contributed by atoms with Crippen LogP contribution in [0.5, 0.6) is 6.01 Å². The molecule has 0 spiro atoms. The highest BCUT2D eigenvalue weighted by Crippen LogP contribution is 2.32. The quantitative estimate of drug-likeness (QED) is 0.223. The van der Waals surface area contributed by atoms with Crippen molar-refractivity contribution in [3.05, 3.63) is 45.6 Å². The van der Waals surface area contributed by atoms with Crippen molar-refractivity contribution in [2.75, 3.05) is 0 Å². The lowest BCUT2D eigenvalue weighted by Crippen LogP contribution is -2.10. The van der Waals surface area contributed by atoms with E-state index in [1.165, 1.54) is 0 Å². The van der Waals surface area contributed by atoms with Gasteiger partial charge in [0.1, 0.15) is 34.9 Å². The lowest BCUT2D eigenvalue weighted by molar-refractivity contribution is 0.423. The minimum absolute atomic E-state index is 0.0265. The lowest BCUT2D eigenvalue weighted by atomic mass is 10.3. The number of aromatic hydroxyl groups is 1. The summed E-state index contributed by atoms with van der Waals surface area (Å²) in [5.74, 6) is 0.735. The van der Waals surface area contributed by atoms with Crippen molar-refractivity contribution in [2.24, 2.45) is 20.5 Å². The summed E-state index contributed by atoms with van der Waals surface area (Å²) in [4.78, 5) is 12.5.